The van der Waals surface area contributed by atoms with Crippen molar-refractivity contribution in [1.29, 1.82) is 0 Å². The van der Waals surface area contributed by atoms with Crippen LogP contribution in [0.15, 0.2) is 36.4 Å². The van der Waals surface area contributed by atoms with Gasteiger partial charge in [-0.15, -0.1) is 0 Å². The molecule has 1 aromatic carbocycles. The van der Waals surface area contributed by atoms with Crippen LogP contribution in [0.5, 0.6) is 0 Å². The van der Waals surface area contributed by atoms with Gasteiger partial charge in [-0.1, -0.05) is 42.5 Å². The van der Waals surface area contributed by atoms with Crippen LogP contribution >= 0.6 is 0 Å². The molecule has 1 N–H and O–H groups in total. The van der Waals surface area contributed by atoms with Crippen LogP contribution in [0.4, 0.5) is 0 Å². The van der Waals surface area contributed by atoms with Gasteiger partial charge in [-0.25, -0.2) is 0 Å². The van der Waals surface area contributed by atoms with Gasteiger partial charge in [0.2, 0.25) is 0 Å². The number of hydrogen-bond acceptors (Lipinski definition) is 2. The van der Waals surface area contributed by atoms with Crippen molar-refractivity contribution in [2.75, 3.05) is 0 Å². The fraction of sp³-hybridized carbons (Fsp3) is 0.333. The van der Waals surface area contributed by atoms with Gasteiger partial charge in [0.15, 0.2) is 6.29 Å². The summed E-state index contributed by atoms with van der Waals surface area (Å²) in [7, 11) is 0. The molecule has 1 saturated heterocycles. The van der Waals surface area contributed by atoms with Gasteiger partial charge in [-0.05, 0) is 12.0 Å². The molecule has 1 heterocycles. The number of hydrogen-bond donors (Lipinski definition) is 1. The van der Waals surface area contributed by atoms with Crippen molar-refractivity contribution >= 4 is 6.08 Å². The van der Waals surface area contributed by atoms with E-state index in [9.17, 15) is 0 Å². The lowest BCUT2D eigenvalue weighted by atomic mass is 10.1. The summed E-state index contributed by atoms with van der Waals surface area (Å²) in [4.78, 5) is 0. The summed E-state index contributed by atoms with van der Waals surface area (Å²) in [6.07, 6.45) is 5.19. The van der Waals surface area contributed by atoms with Gasteiger partial charge >= 0.3 is 0 Å². The third kappa shape index (κ3) is 2.44. The van der Waals surface area contributed by atoms with E-state index in [0.717, 1.165) is 18.4 Å². The van der Waals surface area contributed by atoms with E-state index in [1.807, 2.05) is 42.5 Å². The Morgan fingerprint density at radius 2 is 2.00 bits per heavy atom. The smallest absolute Gasteiger partial charge is 0.155 e. The topological polar surface area (TPSA) is 29.5 Å². The quantitative estimate of drug-likeness (QED) is 0.774. The second-order valence-electron chi connectivity index (χ2n) is 3.48. The minimum absolute atomic E-state index is 0.0743. The zero-order valence-electron chi connectivity index (χ0n) is 7.97. The molecular weight excluding hydrogens is 176 g/mol. The monoisotopic (exact) mass is 190 g/mol. The summed E-state index contributed by atoms with van der Waals surface area (Å²) in [5, 5.41) is 9.14. The molecule has 2 atom stereocenters. The molecule has 2 heteroatoms. The Bertz CT molecular complexity index is 305. The Morgan fingerprint density at radius 1 is 1.21 bits per heavy atom. The highest BCUT2D eigenvalue weighted by molar-refractivity contribution is 5.49. The molecule has 0 spiro atoms. The number of rotatable bonds is 2. The summed E-state index contributed by atoms with van der Waals surface area (Å²) in [6, 6.07) is 10.1. The molecule has 1 aliphatic heterocycles. The van der Waals surface area contributed by atoms with Gasteiger partial charge < -0.3 is 9.84 Å². The van der Waals surface area contributed by atoms with Gasteiger partial charge in [0, 0.05) is 6.42 Å². The first-order valence-corrected chi connectivity index (χ1v) is 4.91. The summed E-state index contributed by atoms with van der Waals surface area (Å²) in [5.41, 5.74) is 1.16. The molecule has 2 nitrogen and oxygen atoms in total. The van der Waals surface area contributed by atoms with E-state index in [4.69, 9.17) is 9.84 Å². The molecule has 1 aromatic rings. The van der Waals surface area contributed by atoms with Crippen molar-refractivity contribution < 1.29 is 9.84 Å². The minimum atomic E-state index is -0.569. The molecule has 0 aromatic heterocycles. The second kappa shape index (κ2) is 4.40. The van der Waals surface area contributed by atoms with Crippen LogP contribution in [0, 0.1) is 0 Å². The maximum absolute atomic E-state index is 9.14. The van der Waals surface area contributed by atoms with Crippen molar-refractivity contribution in [3.63, 3.8) is 0 Å². The van der Waals surface area contributed by atoms with Crippen LogP contribution in [0.25, 0.3) is 6.08 Å². The van der Waals surface area contributed by atoms with Crippen molar-refractivity contribution in [1.82, 2.24) is 0 Å². The molecule has 0 bridgehead atoms. The number of aliphatic hydroxyl groups excluding tert-OH is 1. The molecule has 1 aliphatic rings. The number of benzene rings is 1. The third-order valence-electron chi connectivity index (χ3n) is 2.33. The highest BCUT2D eigenvalue weighted by Crippen LogP contribution is 2.19. The largest absolute Gasteiger partial charge is 0.368 e. The van der Waals surface area contributed by atoms with Crippen LogP contribution in [0.1, 0.15) is 18.4 Å². The third-order valence-corrected chi connectivity index (χ3v) is 2.33. The number of ether oxygens (including phenoxy) is 1. The average Bonchev–Trinajstić information content (AvgIpc) is 2.63. The van der Waals surface area contributed by atoms with Gasteiger partial charge in [0.1, 0.15) is 0 Å². The van der Waals surface area contributed by atoms with Gasteiger partial charge in [0.05, 0.1) is 6.10 Å². The van der Waals surface area contributed by atoms with E-state index in [1.54, 1.807) is 0 Å². The summed E-state index contributed by atoms with van der Waals surface area (Å²) in [6.45, 7) is 0. The van der Waals surface area contributed by atoms with Crippen LogP contribution in [-0.4, -0.2) is 17.5 Å². The van der Waals surface area contributed by atoms with Crippen molar-refractivity contribution in [3.05, 3.63) is 42.0 Å². The second-order valence-corrected chi connectivity index (χ2v) is 3.48. The SMILES string of the molecule is O[C@@H]1CC[C@@H](/C=C/c2ccccc2)O1. The van der Waals surface area contributed by atoms with Gasteiger partial charge in [0.25, 0.3) is 0 Å². The molecule has 0 aliphatic carbocycles. The Kier molecular flexibility index (Phi) is 2.96. The van der Waals surface area contributed by atoms with E-state index in [2.05, 4.69) is 0 Å². The fourth-order valence-electron chi connectivity index (χ4n) is 1.57. The fourth-order valence-corrected chi connectivity index (χ4v) is 1.57. The maximum Gasteiger partial charge on any atom is 0.155 e. The summed E-state index contributed by atoms with van der Waals surface area (Å²) < 4.78 is 5.25. The molecule has 0 unspecified atom stereocenters. The lowest BCUT2D eigenvalue weighted by Gasteiger charge is -2.03. The standard InChI is InChI=1S/C12H14O2/c13-12-9-8-11(14-12)7-6-10-4-2-1-3-5-10/h1-7,11-13H,8-9H2/b7-6+/t11-,12+/m1/s1. The molecule has 2 rings (SSSR count). The van der Waals surface area contributed by atoms with E-state index in [1.165, 1.54) is 0 Å². The Morgan fingerprint density at radius 3 is 2.64 bits per heavy atom. The molecule has 0 saturated carbocycles. The predicted molar refractivity (Wildman–Crippen MR) is 55.6 cm³/mol. The van der Waals surface area contributed by atoms with Crippen LogP contribution in [-0.2, 0) is 4.74 Å². The maximum atomic E-state index is 9.14. The van der Waals surface area contributed by atoms with Crippen LogP contribution in [0.2, 0.25) is 0 Å². The van der Waals surface area contributed by atoms with Crippen molar-refractivity contribution in [2.45, 2.75) is 25.2 Å². The first kappa shape index (κ1) is 9.44. The Balaban J connectivity index is 1.94. The molecule has 74 valence electrons. The average molecular weight is 190 g/mol. The predicted octanol–water partition coefficient (Wildman–Crippen LogP) is 2.20. The summed E-state index contributed by atoms with van der Waals surface area (Å²) >= 11 is 0. The van der Waals surface area contributed by atoms with E-state index >= 15 is 0 Å². The van der Waals surface area contributed by atoms with Crippen molar-refractivity contribution in [3.8, 4) is 0 Å². The Labute approximate surface area is 83.8 Å². The minimum Gasteiger partial charge on any atom is -0.368 e. The Hall–Kier alpha value is -1.12. The van der Waals surface area contributed by atoms with Crippen LogP contribution in [0.3, 0.4) is 0 Å². The van der Waals surface area contributed by atoms with E-state index in [0.29, 0.717) is 0 Å². The first-order valence-electron chi connectivity index (χ1n) is 4.91. The van der Waals surface area contributed by atoms with Gasteiger partial charge in [-0.3, -0.25) is 0 Å². The first-order chi connectivity index (χ1) is 6.84. The zero-order chi connectivity index (χ0) is 9.80. The highest BCUT2D eigenvalue weighted by atomic mass is 16.6. The highest BCUT2D eigenvalue weighted by Gasteiger charge is 2.20. The summed E-state index contributed by atoms with van der Waals surface area (Å²) in [5.74, 6) is 0. The number of aliphatic hydroxyl groups is 1. The lowest BCUT2D eigenvalue weighted by Crippen LogP contribution is -2.06. The molecular formula is C12H14O2. The van der Waals surface area contributed by atoms with Gasteiger partial charge in [-0.2, -0.15) is 0 Å². The lowest BCUT2D eigenvalue weighted by molar-refractivity contribution is -0.0776. The molecule has 0 radical (unpaired) electrons. The zero-order valence-corrected chi connectivity index (χ0v) is 7.97. The van der Waals surface area contributed by atoms with Crippen LogP contribution < -0.4 is 0 Å². The molecule has 14 heavy (non-hydrogen) atoms. The van der Waals surface area contributed by atoms with E-state index < -0.39 is 6.29 Å². The molecule has 1 fully saturated rings. The normalized spacial score (nSPS) is 27.2. The van der Waals surface area contributed by atoms with Crippen molar-refractivity contribution in [2.24, 2.45) is 0 Å². The molecule has 0 amide bonds. The van der Waals surface area contributed by atoms with E-state index in [-0.39, 0.29) is 6.10 Å².